The maximum Gasteiger partial charge on any atom is 0.338 e. The van der Waals surface area contributed by atoms with Gasteiger partial charge >= 0.3 is 11.9 Å². The number of aryl methyl sites for hydroxylation is 1. The lowest BCUT2D eigenvalue weighted by molar-refractivity contribution is 0.0432. The van der Waals surface area contributed by atoms with Crippen molar-refractivity contribution in [1.82, 2.24) is 8.61 Å². The maximum atomic E-state index is 12.7. The predicted molar refractivity (Wildman–Crippen MR) is 197 cm³/mol. The minimum Gasteiger partial charge on any atom is -0.504 e. The molecule has 54 heavy (non-hydrogen) atoms. The molecular formula is C37H44N2O13S2. The van der Waals surface area contributed by atoms with Crippen molar-refractivity contribution in [3.63, 3.8) is 0 Å². The Hall–Kier alpha value is -5.36. The topological polar surface area (TPSA) is 229 Å². The summed E-state index contributed by atoms with van der Waals surface area (Å²) in [5, 5.41) is 47.0. The highest BCUT2D eigenvalue weighted by atomic mass is 32.2. The quantitative estimate of drug-likeness (QED) is 0.0589. The molecule has 4 aromatic rings. The Morgan fingerprint density at radius 1 is 0.574 bits per heavy atom. The van der Waals surface area contributed by atoms with Gasteiger partial charge < -0.3 is 35.0 Å². The fraction of sp³-hybridized carbons (Fsp3) is 0.297. The molecule has 0 spiro atoms. The first-order valence-corrected chi connectivity index (χ1v) is 19.6. The molecule has 292 valence electrons. The Labute approximate surface area is 314 Å². The van der Waals surface area contributed by atoms with Crippen LogP contribution in [0.3, 0.4) is 0 Å². The minimum absolute atomic E-state index is 0.0118. The second-order valence-electron chi connectivity index (χ2n) is 11.6. The number of nitrogens with zero attached hydrogens (tertiary/aromatic N) is 2. The molecule has 0 unspecified atom stereocenters. The van der Waals surface area contributed by atoms with Crippen molar-refractivity contribution in [1.29, 1.82) is 0 Å². The maximum absolute atomic E-state index is 12.7. The van der Waals surface area contributed by atoms with E-state index in [9.17, 15) is 52.0 Å². The fourth-order valence-electron chi connectivity index (χ4n) is 4.90. The highest BCUT2D eigenvalue weighted by molar-refractivity contribution is 7.89. The molecule has 0 heterocycles. The van der Waals surface area contributed by atoms with Crippen LogP contribution in [0.25, 0.3) is 0 Å². The third-order valence-corrected chi connectivity index (χ3v) is 11.9. The molecule has 0 saturated heterocycles. The van der Waals surface area contributed by atoms with Crippen LogP contribution in [0.1, 0.15) is 53.0 Å². The molecule has 4 aromatic carbocycles. The molecule has 4 rings (SSSR count). The lowest BCUT2D eigenvalue weighted by atomic mass is 10.1. The first-order valence-electron chi connectivity index (χ1n) is 16.8. The Balaban J connectivity index is 0.000000291. The Bertz CT molecular complexity index is 1900. The standard InChI is InChI=1S/C19H20O9.C18H24N2O4S2/c1-10-6-11(7-13(20)16(10)23)18(25)27-4-2-3-5-28-19(26)12-8-14(21)17(24)15(22)9-12;1-3-19(25(21,22)17-11-7-5-8-12-17)15-16-20(4-2)26(23,24)18-13-9-6-10-14-18/h6-9,20-24H,2-5H2,1H3;5-14H,3-4,15-16H2,1-2H3. The third-order valence-electron chi connectivity index (χ3n) is 7.89. The zero-order valence-electron chi connectivity index (χ0n) is 30.0. The fourth-order valence-corrected chi connectivity index (χ4v) is 7.83. The number of aromatic hydroxyl groups is 5. The first kappa shape index (κ1) is 43.0. The molecule has 0 saturated carbocycles. The highest BCUT2D eigenvalue weighted by Gasteiger charge is 2.27. The van der Waals surface area contributed by atoms with Gasteiger partial charge in [0, 0.05) is 26.2 Å². The summed E-state index contributed by atoms with van der Waals surface area (Å²) in [6.07, 6.45) is 0.781. The number of likely N-dealkylation sites (N-methyl/N-ethyl adjacent to an activating group) is 2. The number of rotatable bonds is 16. The van der Waals surface area contributed by atoms with Crippen LogP contribution in [0.2, 0.25) is 0 Å². The Morgan fingerprint density at radius 3 is 1.28 bits per heavy atom. The van der Waals surface area contributed by atoms with E-state index in [1.54, 1.807) is 50.2 Å². The number of benzene rings is 4. The second-order valence-corrected chi connectivity index (χ2v) is 15.5. The van der Waals surface area contributed by atoms with E-state index in [4.69, 9.17) is 9.47 Å². The van der Waals surface area contributed by atoms with Gasteiger partial charge in [-0.05, 0) is 73.9 Å². The Kier molecular flexibility index (Phi) is 15.7. The summed E-state index contributed by atoms with van der Waals surface area (Å²) in [5.41, 5.74) is 0.318. The monoisotopic (exact) mass is 788 g/mol. The lowest BCUT2D eigenvalue weighted by Gasteiger charge is -2.25. The molecular weight excluding hydrogens is 745 g/mol. The predicted octanol–water partition coefficient (Wildman–Crippen LogP) is 4.73. The number of carbonyl (C=O) groups excluding carboxylic acids is 2. The van der Waals surface area contributed by atoms with E-state index in [1.165, 1.54) is 45.9 Å². The van der Waals surface area contributed by atoms with E-state index in [0.717, 1.165) is 18.2 Å². The van der Waals surface area contributed by atoms with Crippen molar-refractivity contribution in [2.75, 3.05) is 39.4 Å². The van der Waals surface area contributed by atoms with Crippen LogP contribution >= 0.6 is 0 Å². The van der Waals surface area contributed by atoms with Crippen molar-refractivity contribution in [2.24, 2.45) is 0 Å². The van der Waals surface area contributed by atoms with E-state index in [1.807, 2.05) is 0 Å². The summed E-state index contributed by atoms with van der Waals surface area (Å²) in [6.45, 7) is 5.79. The highest BCUT2D eigenvalue weighted by Crippen LogP contribution is 2.35. The van der Waals surface area contributed by atoms with Crippen molar-refractivity contribution in [2.45, 2.75) is 43.4 Å². The molecule has 0 aliphatic rings. The van der Waals surface area contributed by atoms with Gasteiger partial charge in [-0.2, -0.15) is 8.61 Å². The van der Waals surface area contributed by atoms with Gasteiger partial charge in [-0.25, -0.2) is 26.4 Å². The van der Waals surface area contributed by atoms with Crippen LogP contribution in [0.4, 0.5) is 0 Å². The number of phenolic OH excluding ortho intramolecular Hbond substituents is 5. The molecule has 0 aromatic heterocycles. The second kappa shape index (κ2) is 19.6. The van der Waals surface area contributed by atoms with Crippen molar-refractivity contribution < 1.29 is 61.4 Å². The van der Waals surface area contributed by atoms with Gasteiger partial charge in [0.2, 0.25) is 20.0 Å². The van der Waals surface area contributed by atoms with Crippen molar-refractivity contribution in [3.8, 4) is 28.7 Å². The summed E-state index contributed by atoms with van der Waals surface area (Å²) >= 11 is 0. The molecule has 0 amide bonds. The molecule has 0 atom stereocenters. The van der Waals surface area contributed by atoms with E-state index in [2.05, 4.69) is 0 Å². The number of phenols is 5. The molecule has 0 aliphatic heterocycles. The van der Waals surface area contributed by atoms with Gasteiger partial charge in [0.1, 0.15) is 0 Å². The molecule has 0 radical (unpaired) electrons. The average Bonchev–Trinajstić information content (AvgIpc) is 3.16. The zero-order chi connectivity index (χ0) is 40.1. The molecule has 5 N–H and O–H groups in total. The van der Waals surface area contributed by atoms with Crippen LogP contribution in [0.5, 0.6) is 28.7 Å². The number of esters is 2. The molecule has 0 bridgehead atoms. The van der Waals surface area contributed by atoms with E-state index < -0.39 is 55.0 Å². The molecule has 0 fully saturated rings. The molecule has 17 heteroatoms. The summed E-state index contributed by atoms with van der Waals surface area (Å²) in [4.78, 5) is 24.1. The summed E-state index contributed by atoms with van der Waals surface area (Å²) in [6, 6.07) is 20.7. The van der Waals surface area contributed by atoms with Gasteiger partial charge in [0.15, 0.2) is 28.7 Å². The van der Waals surface area contributed by atoms with Gasteiger partial charge in [-0.3, -0.25) is 0 Å². The van der Waals surface area contributed by atoms with Crippen LogP contribution < -0.4 is 0 Å². The van der Waals surface area contributed by atoms with Crippen LogP contribution in [0, 0.1) is 6.92 Å². The number of hydrogen-bond acceptors (Lipinski definition) is 13. The van der Waals surface area contributed by atoms with Crippen LogP contribution in [0.15, 0.2) is 94.7 Å². The van der Waals surface area contributed by atoms with Crippen LogP contribution in [-0.2, 0) is 29.5 Å². The Morgan fingerprint density at radius 2 is 0.926 bits per heavy atom. The first-order chi connectivity index (χ1) is 25.5. The number of hydrogen-bond donors (Lipinski definition) is 5. The SMILES string of the molecule is CCN(CCN(CC)S(=O)(=O)c1ccccc1)S(=O)(=O)c1ccccc1.Cc1cc(C(=O)OCCCCOC(=O)c2cc(O)c(O)c(O)c2)cc(O)c1O. The van der Waals surface area contributed by atoms with E-state index >= 15 is 0 Å². The van der Waals surface area contributed by atoms with Gasteiger partial charge in [-0.1, -0.05) is 50.2 Å². The third kappa shape index (κ3) is 11.3. The zero-order valence-corrected chi connectivity index (χ0v) is 31.6. The van der Waals surface area contributed by atoms with Gasteiger partial charge in [-0.15, -0.1) is 0 Å². The normalized spacial score (nSPS) is 11.5. The minimum atomic E-state index is -3.65. The van der Waals surface area contributed by atoms with E-state index in [0.29, 0.717) is 18.4 Å². The number of carbonyl (C=O) groups is 2. The smallest absolute Gasteiger partial charge is 0.338 e. The largest absolute Gasteiger partial charge is 0.504 e. The van der Waals surface area contributed by atoms with Crippen LogP contribution in [-0.4, -0.2) is 102 Å². The molecule has 15 nitrogen and oxygen atoms in total. The number of unbranched alkanes of at least 4 members (excludes halogenated alkanes) is 1. The van der Waals surface area contributed by atoms with Gasteiger partial charge in [0.25, 0.3) is 0 Å². The summed E-state index contributed by atoms with van der Waals surface area (Å²) in [5.74, 6) is -4.18. The average molecular weight is 789 g/mol. The number of ether oxygens (including phenoxy) is 2. The van der Waals surface area contributed by atoms with Crippen molar-refractivity contribution >= 4 is 32.0 Å². The lowest BCUT2D eigenvalue weighted by Crippen LogP contribution is -2.40. The van der Waals surface area contributed by atoms with E-state index in [-0.39, 0.29) is 66.1 Å². The number of sulfonamides is 2. The summed E-state index contributed by atoms with van der Waals surface area (Å²) in [7, 11) is -7.31. The molecule has 0 aliphatic carbocycles. The summed E-state index contributed by atoms with van der Waals surface area (Å²) < 4.78 is 63.6. The van der Waals surface area contributed by atoms with Gasteiger partial charge in [0.05, 0.1) is 34.1 Å². The van der Waals surface area contributed by atoms with Crippen molar-refractivity contribution in [3.05, 3.63) is 102 Å².